The highest BCUT2D eigenvalue weighted by molar-refractivity contribution is 5.77. The van der Waals surface area contributed by atoms with E-state index in [0.29, 0.717) is 18.4 Å². The molecule has 0 aliphatic heterocycles. The normalized spacial score (nSPS) is 11.9. The van der Waals surface area contributed by atoms with Crippen LogP contribution in [0.3, 0.4) is 0 Å². The third-order valence-electron chi connectivity index (χ3n) is 3.19. The fourth-order valence-corrected chi connectivity index (χ4v) is 1.99. The highest BCUT2D eigenvalue weighted by Gasteiger charge is 2.03. The van der Waals surface area contributed by atoms with Crippen molar-refractivity contribution in [3.05, 3.63) is 48.3 Å². The molecule has 5 heteroatoms. The molecule has 0 saturated heterocycles. The smallest absolute Gasteiger partial charge is 0.188 e. The number of nitrogens with two attached hydrogens (primary N) is 1. The van der Waals surface area contributed by atoms with Gasteiger partial charge < -0.3 is 11.1 Å². The Labute approximate surface area is 125 Å². The highest BCUT2D eigenvalue weighted by atomic mass is 15.3. The monoisotopic (exact) mass is 285 g/mol. The summed E-state index contributed by atoms with van der Waals surface area (Å²) in [5.74, 6) is 1.15. The van der Waals surface area contributed by atoms with Gasteiger partial charge in [-0.3, -0.25) is 0 Å². The lowest BCUT2D eigenvalue weighted by atomic mass is 10.1. The van der Waals surface area contributed by atoms with Crippen molar-refractivity contribution in [2.45, 2.75) is 26.8 Å². The second-order valence-electron chi connectivity index (χ2n) is 5.39. The Morgan fingerprint density at radius 2 is 2.14 bits per heavy atom. The Morgan fingerprint density at radius 1 is 1.33 bits per heavy atom. The van der Waals surface area contributed by atoms with Crippen LogP contribution < -0.4 is 11.1 Å². The minimum Gasteiger partial charge on any atom is -0.370 e. The minimum absolute atomic E-state index is 0.492. The van der Waals surface area contributed by atoms with Gasteiger partial charge in [-0.15, -0.1) is 0 Å². The SMILES string of the molecule is CC(C)CCNC(N)=NCc1ccccc1-n1cccn1. The van der Waals surface area contributed by atoms with Crippen LogP contribution >= 0.6 is 0 Å². The van der Waals surface area contributed by atoms with Gasteiger partial charge in [0.05, 0.1) is 12.2 Å². The van der Waals surface area contributed by atoms with Crippen molar-refractivity contribution in [2.24, 2.45) is 16.6 Å². The van der Waals surface area contributed by atoms with Gasteiger partial charge in [-0.2, -0.15) is 5.10 Å². The second-order valence-corrected chi connectivity index (χ2v) is 5.39. The summed E-state index contributed by atoms with van der Waals surface area (Å²) < 4.78 is 1.84. The van der Waals surface area contributed by atoms with Crippen molar-refractivity contribution < 1.29 is 0 Å². The van der Waals surface area contributed by atoms with E-state index in [-0.39, 0.29) is 0 Å². The molecule has 0 bridgehead atoms. The summed E-state index contributed by atoms with van der Waals surface area (Å²) in [6.07, 6.45) is 4.77. The summed E-state index contributed by atoms with van der Waals surface area (Å²) >= 11 is 0. The number of hydrogen-bond acceptors (Lipinski definition) is 2. The van der Waals surface area contributed by atoms with E-state index >= 15 is 0 Å². The summed E-state index contributed by atoms with van der Waals surface area (Å²) in [5.41, 5.74) is 8.01. The van der Waals surface area contributed by atoms with Gasteiger partial charge >= 0.3 is 0 Å². The van der Waals surface area contributed by atoms with E-state index in [1.807, 2.05) is 41.2 Å². The molecule has 0 aliphatic rings. The van der Waals surface area contributed by atoms with Crippen LogP contribution in [0.2, 0.25) is 0 Å². The lowest BCUT2D eigenvalue weighted by Crippen LogP contribution is -2.32. The van der Waals surface area contributed by atoms with Gasteiger partial charge in [0.15, 0.2) is 5.96 Å². The molecule has 0 spiro atoms. The molecule has 0 amide bonds. The van der Waals surface area contributed by atoms with Crippen LogP contribution in [0.1, 0.15) is 25.8 Å². The number of aromatic nitrogens is 2. The number of aliphatic imine (C=N–C) groups is 1. The van der Waals surface area contributed by atoms with Crippen molar-refractivity contribution >= 4 is 5.96 Å². The number of nitrogens with one attached hydrogen (secondary N) is 1. The molecule has 0 fully saturated rings. The van der Waals surface area contributed by atoms with Gasteiger partial charge in [0, 0.05) is 18.9 Å². The summed E-state index contributed by atoms with van der Waals surface area (Å²) in [4.78, 5) is 4.40. The topological polar surface area (TPSA) is 68.2 Å². The molecule has 3 N–H and O–H groups in total. The Balaban J connectivity index is 2.00. The van der Waals surface area contributed by atoms with Crippen molar-refractivity contribution in [2.75, 3.05) is 6.54 Å². The summed E-state index contributed by atoms with van der Waals surface area (Å²) in [6.45, 7) is 5.77. The van der Waals surface area contributed by atoms with Crippen molar-refractivity contribution in [3.8, 4) is 5.69 Å². The van der Waals surface area contributed by atoms with Crippen LogP contribution in [0.4, 0.5) is 0 Å². The zero-order chi connectivity index (χ0) is 15.1. The number of guanidine groups is 1. The third-order valence-corrected chi connectivity index (χ3v) is 3.19. The molecule has 21 heavy (non-hydrogen) atoms. The van der Waals surface area contributed by atoms with Gasteiger partial charge in [-0.25, -0.2) is 9.67 Å². The quantitative estimate of drug-likeness (QED) is 0.632. The fraction of sp³-hybridized carbons (Fsp3) is 0.375. The molecule has 112 valence electrons. The van der Waals surface area contributed by atoms with Crippen molar-refractivity contribution in [1.29, 1.82) is 0 Å². The maximum absolute atomic E-state index is 5.89. The van der Waals surface area contributed by atoms with E-state index in [1.165, 1.54) is 0 Å². The molecule has 0 aliphatic carbocycles. The predicted molar refractivity (Wildman–Crippen MR) is 86.3 cm³/mol. The van der Waals surface area contributed by atoms with E-state index in [9.17, 15) is 0 Å². The molecule has 2 aromatic rings. The third kappa shape index (κ3) is 4.63. The van der Waals surface area contributed by atoms with E-state index in [1.54, 1.807) is 6.20 Å². The highest BCUT2D eigenvalue weighted by Crippen LogP contribution is 2.14. The first-order chi connectivity index (χ1) is 10.2. The standard InChI is InChI=1S/C16H23N5/c1-13(2)8-10-18-16(17)19-12-14-6-3-4-7-15(14)21-11-5-9-20-21/h3-7,9,11,13H,8,10,12H2,1-2H3,(H3,17,18,19). The van der Waals surface area contributed by atoms with Gasteiger partial charge in [0.25, 0.3) is 0 Å². The molecule has 0 radical (unpaired) electrons. The molecular formula is C16H23N5. The lowest BCUT2D eigenvalue weighted by molar-refractivity contribution is 0.576. The number of para-hydroxylation sites is 1. The maximum Gasteiger partial charge on any atom is 0.188 e. The lowest BCUT2D eigenvalue weighted by Gasteiger charge is -2.09. The van der Waals surface area contributed by atoms with E-state index in [2.05, 4.69) is 29.3 Å². The number of rotatable bonds is 6. The van der Waals surface area contributed by atoms with Crippen LogP contribution in [0.25, 0.3) is 5.69 Å². The zero-order valence-electron chi connectivity index (χ0n) is 12.7. The first-order valence-electron chi connectivity index (χ1n) is 7.28. The summed E-state index contributed by atoms with van der Waals surface area (Å²) in [7, 11) is 0. The van der Waals surface area contributed by atoms with Crippen molar-refractivity contribution in [1.82, 2.24) is 15.1 Å². The molecule has 1 heterocycles. The summed E-state index contributed by atoms with van der Waals surface area (Å²) in [5, 5.41) is 7.41. The molecular weight excluding hydrogens is 262 g/mol. The summed E-state index contributed by atoms with van der Waals surface area (Å²) in [6, 6.07) is 9.97. The van der Waals surface area contributed by atoms with Gasteiger partial charge in [-0.1, -0.05) is 32.0 Å². The minimum atomic E-state index is 0.492. The molecule has 1 aromatic carbocycles. The number of hydrogen-bond donors (Lipinski definition) is 2. The van der Waals surface area contributed by atoms with Crippen molar-refractivity contribution in [3.63, 3.8) is 0 Å². The molecule has 5 nitrogen and oxygen atoms in total. The Kier molecular flexibility index (Phi) is 5.37. The van der Waals surface area contributed by atoms with Crippen LogP contribution in [0.15, 0.2) is 47.7 Å². The van der Waals surface area contributed by atoms with Gasteiger partial charge in [0.2, 0.25) is 0 Å². The predicted octanol–water partition coefficient (Wildman–Crippen LogP) is 2.32. The first-order valence-corrected chi connectivity index (χ1v) is 7.28. The van der Waals surface area contributed by atoms with Crippen LogP contribution in [0, 0.1) is 5.92 Å². The van der Waals surface area contributed by atoms with Gasteiger partial charge in [-0.05, 0) is 30.0 Å². The average molecular weight is 285 g/mol. The molecule has 0 atom stereocenters. The fourth-order valence-electron chi connectivity index (χ4n) is 1.99. The van der Waals surface area contributed by atoms with E-state index in [0.717, 1.165) is 24.2 Å². The molecule has 0 unspecified atom stereocenters. The van der Waals surface area contributed by atoms with Crippen LogP contribution in [-0.4, -0.2) is 22.3 Å². The number of benzene rings is 1. The zero-order valence-corrected chi connectivity index (χ0v) is 12.7. The second kappa shape index (κ2) is 7.47. The van der Waals surface area contributed by atoms with Crippen LogP contribution in [0.5, 0.6) is 0 Å². The molecule has 1 aromatic heterocycles. The largest absolute Gasteiger partial charge is 0.370 e. The Bertz CT molecular complexity index is 572. The average Bonchev–Trinajstić information content (AvgIpc) is 2.99. The first kappa shape index (κ1) is 15.1. The number of nitrogens with zero attached hydrogens (tertiary/aromatic N) is 3. The van der Waals surface area contributed by atoms with Crippen LogP contribution in [-0.2, 0) is 6.54 Å². The Hall–Kier alpha value is -2.30. The molecule has 2 rings (SSSR count). The Morgan fingerprint density at radius 3 is 2.86 bits per heavy atom. The van der Waals surface area contributed by atoms with Gasteiger partial charge in [0.1, 0.15) is 0 Å². The molecule has 0 saturated carbocycles. The van der Waals surface area contributed by atoms with E-state index < -0.39 is 0 Å². The van der Waals surface area contributed by atoms with E-state index in [4.69, 9.17) is 5.73 Å². The maximum atomic E-state index is 5.89.